The molecule has 3 aromatic rings. The van der Waals surface area contributed by atoms with Gasteiger partial charge in [-0.1, -0.05) is 24.3 Å². The average molecular weight is 376 g/mol. The van der Waals surface area contributed by atoms with Gasteiger partial charge < -0.3 is 5.32 Å². The molecule has 0 aliphatic rings. The smallest absolute Gasteiger partial charge is 0.326 e. The summed E-state index contributed by atoms with van der Waals surface area (Å²) in [5.41, 5.74) is 2.25. The van der Waals surface area contributed by atoms with Crippen molar-refractivity contribution in [3.05, 3.63) is 70.0 Å². The van der Waals surface area contributed by atoms with Gasteiger partial charge in [-0.2, -0.15) is 13.2 Å². The largest absolute Gasteiger partial charge is 0.416 e. The number of nitrogens with zero attached hydrogens (tertiary/aromatic N) is 1. The Kier molecular flexibility index (Phi) is 5.08. The van der Waals surface area contributed by atoms with Gasteiger partial charge in [0.1, 0.15) is 0 Å². The molecule has 26 heavy (non-hydrogen) atoms. The van der Waals surface area contributed by atoms with Crippen molar-refractivity contribution in [2.24, 2.45) is 0 Å². The number of aryl methyl sites for hydroxylation is 1. The summed E-state index contributed by atoms with van der Waals surface area (Å²) in [6.45, 7) is 1.93. The van der Waals surface area contributed by atoms with Crippen LogP contribution >= 0.6 is 11.3 Å². The van der Waals surface area contributed by atoms with Gasteiger partial charge in [-0.15, -0.1) is 11.3 Å². The van der Waals surface area contributed by atoms with Crippen LogP contribution in [0.1, 0.15) is 16.1 Å². The van der Waals surface area contributed by atoms with E-state index in [0.717, 1.165) is 28.4 Å². The summed E-state index contributed by atoms with van der Waals surface area (Å²) in [4.78, 5) is 16.5. The second-order valence-electron chi connectivity index (χ2n) is 5.75. The standard InChI is InChI=1S/C19H15F3N2OS/c1-12-23-17(11-26-12)14-4-8-16(9-5-14)24-18(25)10-13-2-6-15(7-3-13)19(20,21)22/h2-9,11H,10H2,1H3,(H,24,25). The fourth-order valence-electron chi connectivity index (χ4n) is 2.42. The Bertz CT molecular complexity index is 900. The van der Waals surface area contributed by atoms with Crippen LogP contribution in [0.4, 0.5) is 18.9 Å². The summed E-state index contributed by atoms with van der Waals surface area (Å²) < 4.78 is 37.6. The van der Waals surface area contributed by atoms with Crippen molar-refractivity contribution in [2.45, 2.75) is 19.5 Å². The molecule has 0 saturated carbocycles. The lowest BCUT2D eigenvalue weighted by Gasteiger charge is -2.08. The third kappa shape index (κ3) is 4.49. The zero-order valence-corrected chi connectivity index (χ0v) is 14.6. The fraction of sp³-hybridized carbons (Fsp3) is 0.158. The molecule has 0 unspecified atom stereocenters. The first-order valence-electron chi connectivity index (χ1n) is 7.80. The molecular weight excluding hydrogens is 361 g/mol. The van der Waals surface area contributed by atoms with Gasteiger partial charge in [0, 0.05) is 16.6 Å². The van der Waals surface area contributed by atoms with Crippen LogP contribution in [0, 0.1) is 6.92 Å². The van der Waals surface area contributed by atoms with E-state index in [4.69, 9.17) is 0 Å². The molecule has 0 spiro atoms. The van der Waals surface area contributed by atoms with Crippen LogP contribution in [0.15, 0.2) is 53.9 Å². The second-order valence-corrected chi connectivity index (χ2v) is 6.81. The zero-order chi connectivity index (χ0) is 18.7. The number of amides is 1. The monoisotopic (exact) mass is 376 g/mol. The number of carbonyl (C=O) groups excluding carboxylic acids is 1. The number of alkyl halides is 3. The average Bonchev–Trinajstić information content (AvgIpc) is 3.01. The molecule has 0 radical (unpaired) electrons. The highest BCUT2D eigenvalue weighted by molar-refractivity contribution is 7.09. The van der Waals surface area contributed by atoms with E-state index in [1.165, 1.54) is 12.1 Å². The van der Waals surface area contributed by atoms with Gasteiger partial charge in [-0.05, 0) is 36.8 Å². The predicted molar refractivity (Wildman–Crippen MR) is 96.1 cm³/mol. The minimum absolute atomic E-state index is 0.00513. The molecule has 2 aromatic carbocycles. The number of carbonyl (C=O) groups is 1. The second kappa shape index (κ2) is 7.29. The van der Waals surface area contributed by atoms with Crippen molar-refractivity contribution >= 4 is 22.9 Å². The summed E-state index contributed by atoms with van der Waals surface area (Å²) in [6.07, 6.45) is -4.37. The van der Waals surface area contributed by atoms with E-state index in [2.05, 4.69) is 10.3 Å². The molecule has 0 aliphatic heterocycles. The molecule has 1 amide bonds. The van der Waals surface area contributed by atoms with Crippen LogP contribution in [0.25, 0.3) is 11.3 Å². The van der Waals surface area contributed by atoms with Crippen LogP contribution in [0.5, 0.6) is 0 Å². The minimum Gasteiger partial charge on any atom is -0.326 e. The lowest BCUT2D eigenvalue weighted by Crippen LogP contribution is -2.14. The molecule has 1 N–H and O–H groups in total. The number of halogens is 3. The van der Waals surface area contributed by atoms with Crippen LogP contribution < -0.4 is 5.32 Å². The van der Waals surface area contributed by atoms with Crippen molar-refractivity contribution in [1.82, 2.24) is 4.98 Å². The topological polar surface area (TPSA) is 42.0 Å². The lowest BCUT2D eigenvalue weighted by atomic mass is 10.1. The SMILES string of the molecule is Cc1nc(-c2ccc(NC(=O)Cc3ccc(C(F)(F)F)cc3)cc2)cs1. The molecule has 7 heteroatoms. The molecule has 3 nitrogen and oxygen atoms in total. The van der Waals surface area contributed by atoms with E-state index in [9.17, 15) is 18.0 Å². The summed E-state index contributed by atoms with van der Waals surface area (Å²) in [5.74, 6) is -0.290. The molecule has 0 bridgehead atoms. The van der Waals surface area contributed by atoms with Gasteiger partial charge in [0.15, 0.2) is 0 Å². The van der Waals surface area contributed by atoms with Crippen LogP contribution in [0.2, 0.25) is 0 Å². The molecule has 3 rings (SSSR count). The Labute approximate surface area is 152 Å². The van der Waals surface area contributed by atoms with Gasteiger partial charge in [0.2, 0.25) is 5.91 Å². The van der Waals surface area contributed by atoms with Crippen molar-refractivity contribution in [3.63, 3.8) is 0 Å². The normalized spacial score (nSPS) is 11.4. The van der Waals surface area contributed by atoms with E-state index in [1.807, 2.05) is 24.4 Å². The molecule has 1 heterocycles. The number of hydrogen-bond donors (Lipinski definition) is 1. The van der Waals surface area contributed by atoms with Crippen LogP contribution in [-0.2, 0) is 17.4 Å². The summed E-state index contributed by atoms with van der Waals surface area (Å²) >= 11 is 1.57. The Balaban J connectivity index is 1.61. The van der Waals surface area contributed by atoms with Crippen molar-refractivity contribution < 1.29 is 18.0 Å². The maximum atomic E-state index is 12.5. The molecular formula is C19H15F3N2OS. The van der Waals surface area contributed by atoms with E-state index in [0.29, 0.717) is 11.3 Å². The lowest BCUT2D eigenvalue weighted by molar-refractivity contribution is -0.137. The number of benzene rings is 2. The highest BCUT2D eigenvalue weighted by Gasteiger charge is 2.29. The number of anilines is 1. The third-order valence-electron chi connectivity index (χ3n) is 3.73. The number of hydrogen-bond acceptors (Lipinski definition) is 3. The Hall–Kier alpha value is -2.67. The van der Waals surface area contributed by atoms with Gasteiger partial charge in [-0.3, -0.25) is 4.79 Å². The maximum Gasteiger partial charge on any atom is 0.416 e. The zero-order valence-electron chi connectivity index (χ0n) is 13.8. The maximum absolute atomic E-state index is 12.5. The fourth-order valence-corrected chi connectivity index (χ4v) is 3.04. The molecule has 0 atom stereocenters. The van der Waals surface area contributed by atoms with E-state index in [1.54, 1.807) is 23.5 Å². The third-order valence-corrected chi connectivity index (χ3v) is 4.50. The minimum atomic E-state index is -4.38. The summed E-state index contributed by atoms with van der Waals surface area (Å²) in [7, 11) is 0. The van der Waals surface area contributed by atoms with Gasteiger partial charge >= 0.3 is 6.18 Å². The summed E-state index contributed by atoms with van der Waals surface area (Å²) in [5, 5.41) is 5.69. The Morgan fingerprint density at radius 3 is 2.27 bits per heavy atom. The van der Waals surface area contributed by atoms with Gasteiger partial charge in [-0.25, -0.2) is 4.98 Å². The Morgan fingerprint density at radius 1 is 1.08 bits per heavy atom. The number of aromatic nitrogens is 1. The van der Waals surface area contributed by atoms with Crippen molar-refractivity contribution in [2.75, 3.05) is 5.32 Å². The quantitative estimate of drug-likeness (QED) is 0.670. The molecule has 0 aliphatic carbocycles. The molecule has 0 fully saturated rings. The highest BCUT2D eigenvalue weighted by atomic mass is 32.1. The van der Waals surface area contributed by atoms with E-state index < -0.39 is 11.7 Å². The van der Waals surface area contributed by atoms with E-state index in [-0.39, 0.29) is 12.3 Å². The Morgan fingerprint density at radius 2 is 1.73 bits per heavy atom. The molecule has 0 saturated heterocycles. The summed E-state index contributed by atoms with van der Waals surface area (Å²) in [6, 6.07) is 11.9. The first-order valence-corrected chi connectivity index (χ1v) is 8.68. The van der Waals surface area contributed by atoms with Crippen molar-refractivity contribution in [1.29, 1.82) is 0 Å². The first-order chi connectivity index (χ1) is 12.3. The van der Waals surface area contributed by atoms with E-state index >= 15 is 0 Å². The number of nitrogens with one attached hydrogen (secondary N) is 1. The number of rotatable bonds is 4. The number of thiazole rings is 1. The predicted octanol–water partition coefficient (Wildman–Crippen LogP) is 5.32. The van der Waals surface area contributed by atoms with Crippen LogP contribution in [-0.4, -0.2) is 10.9 Å². The van der Waals surface area contributed by atoms with Crippen molar-refractivity contribution in [3.8, 4) is 11.3 Å². The van der Waals surface area contributed by atoms with Gasteiger partial charge in [0.05, 0.1) is 22.7 Å². The first kappa shape index (κ1) is 18.1. The molecule has 1 aromatic heterocycles. The highest BCUT2D eigenvalue weighted by Crippen LogP contribution is 2.29. The molecule has 134 valence electrons. The van der Waals surface area contributed by atoms with Crippen LogP contribution in [0.3, 0.4) is 0 Å². The van der Waals surface area contributed by atoms with Gasteiger partial charge in [0.25, 0.3) is 0 Å².